The first-order valence-electron chi connectivity index (χ1n) is 7.04. The molecule has 0 aromatic heterocycles. The molecule has 0 aliphatic heterocycles. The van der Waals surface area contributed by atoms with Crippen LogP contribution in [-0.4, -0.2) is 17.6 Å². The molecule has 0 radical (unpaired) electrons. The standard InChI is InChI=1S/C18H20O2S/c1-13(2)20-16-8-5-7-15(11-16)18(19)12-21-17-9-4-6-14(3)10-17/h4-11,13H,12H2,1-3H3. The van der Waals surface area contributed by atoms with Crippen molar-refractivity contribution < 1.29 is 9.53 Å². The maximum absolute atomic E-state index is 12.3. The second-order valence-corrected chi connectivity index (χ2v) is 6.27. The van der Waals surface area contributed by atoms with E-state index in [0.29, 0.717) is 11.3 Å². The van der Waals surface area contributed by atoms with Gasteiger partial charge in [0.1, 0.15) is 5.75 Å². The molecular formula is C18H20O2S. The molecule has 3 heteroatoms. The van der Waals surface area contributed by atoms with Crippen LogP contribution in [0.4, 0.5) is 0 Å². The topological polar surface area (TPSA) is 26.3 Å². The molecule has 110 valence electrons. The number of carbonyl (C=O) groups excluding carboxylic acids is 1. The maximum atomic E-state index is 12.3. The molecule has 0 heterocycles. The largest absolute Gasteiger partial charge is 0.491 e. The lowest BCUT2D eigenvalue weighted by Gasteiger charge is -2.10. The van der Waals surface area contributed by atoms with Crippen LogP contribution in [0, 0.1) is 6.92 Å². The smallest absolute Gasteiger partial charge is 0.173 e. The summed E-state index contributed by atoms with van der Waals surface area (Å²) in [5.74, 6) is 1.31. The van der Waals surface area contributed by atoms with E-state index in [1.165, 1.54) is 5.56 Å². The highest BCUT2D eigenvalue weighted by Gasteiger charge is 2.08. The van der Waals surface area contributed by atoms with Crippen molar-refractivity contribution in [1.82, 2.24) is 0 Å². The first kappa shape index (κ1) is 15.6. The van der Waals surface area contributed by atoms with E-state index in [1.54, 1.807) is 11.8 Å². The lowest BCUT2D eigenvalue weighted by Crippen LogP contribution is -2.07. The molecule has 21 heavy (non-hydrogen) atoms. The monoisotopic (exact) mass is 300 g/mol. The number of hydrogen-bond donors (Lipinski definition) is 0. The minimum atomic E-state index is 0.108. The Morgan fingerprint density at radius 2 is 1.90 bits per heavy atom. The average molecular weight is 300 g/mol. The van der Waals surface area contributed by atoms with Gasteiger partial charge in [0.2, 0.25) is 0 Å². The number of rotatable bonds is 6. The zero-order valence-electron chi connectivity index (χ0n) is 12.6. The number of ketones is 1. The van der Waals surface area contributed by atoms with Crippen LogP contribution in [0.5, 0.6) is 5.75 Å². The third-order valence-corrected chi connectivity index (χ3v) is 3.88. The molecule has 0 fully saturated rings. The number of benzene rings is 2. The number of Topliss-reactive ketones (excluding diaryl/α,β-unsaturated/α-hetero) is 1. The van der Waals surface area contributed by atoms with E-state index in [9.17, 15) is 4.79 Å². The van der Waals surface area contributed by atoms with Crippen molar-refractivity contribution in [2.45, 2.75) is 31.8 Å². The van der Waals surface area contributed by atoms with E-state index in [4.69, 9.17) is 4.74 Å². The molecule has 0 aliphatic carbocycles. The minimum Gasteiger partial charge on any atom is -0.491 e. The lowest BCUT2D eigenvalue weighted by atomic mass is 10.1. The lowest BCUT2D eigenvalue weighted by molar-refractivity contribution is 0.102. The molecule has 0 unspecified atom stereocenters. The van der Waals surface area contributed by atoms with Crippen LogP contribution in [0.3, 0.4) is 0 Å². The van der Waals surface area contributed by atoms with E-state index >= 15 is 0 Å². The Morgan fingerprint density at radius 1 is 1.14 bits per heavy atom. The summed E-state index contributed by atoms with van der Waals surface area (Å²) in [5.41, 5.74) is 1.91. The Bertz CT molecular complexity index is 620. The molecule has 0 N–H and O–H groups in total. The number of thioether (sulfide) groups is 1. The fourth-order valence-electron chi connectivity index (χ4n) is 1.95. The molecule has 0 spiro atoms. The number of carbonyl (C=O) groups is 1. The quantitative estimate of drug-likeness (QED) is 0.568. The van der Waals surface area contributed by atoms with Crippen LogP contribution < -0.4 is 4.74 Å². The molecule has 2 aromatic carbocycles. The molecule has 0 amide bonds. The number of aryl methyl sites for hydroxylation is 1. The summed E-state index contributed by atoms with van der Waals surface area (Å²) in [6.07, 6.45) is 0.108. The van der Waals surface area contributed by atoms with Gasteiger partial charge in [0, 0.05) is 10.5 Å². The second kappa shape index (κ2) is 7.32. The van der Waals surface area contributed by atoms with E-state index in [1.807, 2.05) is 50.2 Å². The summed E-state index contributed by atoms with van der Waals surface area (Å²) >= 11 is 1.57. The van der Waals surface area contributed by atoms with Gasteiger partial charge >= 0.3 is 0 Å². The van der Waals surface area contributed by atoms with Crippen LogP contribution in [0.25, 0.3) is 0 Å². The molecule has 2 nitrogen and oxygen atoms in total. The average Bonchev–Trinajstić information content (AvgIpc) is 2.44. The Kier molecular flexibility index (Phi) is 5.45. The zero-order valence-corrected chi connectivity index (χ0v) is 13.4. The van der Waals surface area contributed by atoms with Gasteiger partial charge in [-0.25, -0.2) is 0 Å². The Labute approximate surface area is 130 Å². The first-order chi connectivity index (χ1) is 10.0. The Morgan fingerprint density at radius 3 is 2.62 bits per heavy atom. The van der Waals surface area contributed by atoms with Gasteiger partial charge in [-0.05, 0) is 45.0 Å². The number of hydrogen-bond acceptors (Lipinski definition) is 3. The van der Waals surface area contributed by atoms with E-state index in [2.05, 4.69) is 19.1 Å². The van der Waals surface area contributed by atoms with Gasteiger partial charge in [0.25, 0.3) is 0 Å². The van der Waals surface area contributed by atoms with Gasteiger partial charge in [-0.3, -0.25) is 4.79 Å². The predicted molar refractivity (Wildman–Crippen MR) is 88.4 cm³/mol. The summed E-state index contributed by atoms with van der Waals surface area (Å²) < 4.78 is 5.62. The van der Waals surface area contributed by atoms with E-state index in [-0.39, 0.29) is 11.9 Å². The summed E-state index contributed by atoms with van der Waals surface area (Å²) in [5, 5.41) is 0. The van der Waals surface area contributed by atoms with E-state index in [0.717, 1.165) is 10.6 Å². The van der Waals surface area contributed by atoms with Crippen molar-refractivity contribution in [3.8, 4) is 5.75 Å². The SMILES string of the molecule is Cc1cccc(SCC(=O)c2cccc(OC(C)C)c2)c1. The van der Waals surface area contributed by atoms with Gasteiger partial charge in [-0.1, -0.05) is 29.8 Å². The molecule has 0 saturated heterocycles. The van der Waals surface area contributed by atoms with Crippen molar-refractivity contribution in [3.05, 3.63) is 59.7 Å². The van der Waals surface area contributed by atoms with Crippen LogP contribution in [0.15, 0.2) is 53.4 Å². The normalized spacial score (nSPS) is 10.7. The summed E-state index contributed by atoms with van der Waals surface area (Å²) in [6.45, 7) is 6.00. The fraction of sp³-hybridized carbons (Fsp3) is 0.278. The molecule has 0 aliphatic rings. The first-order valence-corrected chi connectivity index (χ1v) is 8.02. The molecule has 2 rings (SSSR count). The van der Waals surface area contributed by atoms with Crippen molar-refractivity contribution in [2.75, 3.05) is 5.75 Å². The Balaban J connectivity index is 2.00. The minimum absolute atomic E-state index is 0.108. The fourth-order valence-corrected chi connectivity index (χ4v) is 2.86. The summed E-state index contributed by atoms with van der Waals surface area (Å²) in [7, 11) is 0. The highest BCUT2D eigenvalue weighted by molar-refractivity contribution is 8.00. The van der Waals surface area contributed by atoms with Crippen LogP contribution in [-0.2, 0) is 0 Å². The van der Waals surface area contributed by atoms with E-state index < -0.39 is 0 Å². The molecule has 2 aromatic rings. The van der Waals surface area contributed by atoms with Gasteiger partial charge in [0.05, 0.1) is 11.9 Å². The van der Waals surface area contributed by atoms with Gasteiger partial charge in [-0.15, -0.1) is 11.8 Å². The molecule has 0 atom stereocenters. The van der Waals surface area contributed by atoms with Crippen molar-refractivity contribution in [3.63, 3.8) is 0 Å². The highest BCUT2D eigenvalue weighted by atomic mass is 32.2. The van der Waals surface area contributed by atoms with Crippen molar-refractivity contribution in [2.24, 2.45) is 0 Å². The molecule has 0 bridgehead atoms. The maximum Gasteiger partial charge on any atom is 0.173 e. The number of ether oxygens (including phenoxy) is 1. The predicted octanol–water partition coefficient (Wildman–Crippen LogP) is 4.76. The molecular weight excluding hydrogens is 280 g/mol. The Hall–Kier alpha value is -1.74. The zero-order chi connectivity index (χ0) is 15.2. The van der Waals surface area contributed by atoms with Gasteiger partial charge in [0.15, 0.2) is 5.78 Å². The third-order valence-electron chi connectivity index (χ3n) is 2.89. The van der Waals surface area contributed by atoms with Crippen molar-refractivity contribution >= 4 is 17.5 Å². The van der Waals surface area contributed by atoms with Gasteiger partial charge < -0.3 is 4.74 Å². The molecule has 0 saturated carbocycles. The van der Waals surface area contributed by atoms with Crippen LogP contribution >= 0.6 is 11.8 Å². The van der Waals surface area contributed by atoms with Crippen LogP contribution in [0.1, 0.15) is 29.8 Å². The second-order valence-electron chi connectivity index (χ2n) is 5.22. The highest BCUT2D eigenvalue weighted by Crippen LogP contribution is 2.22. The van der Waals surface area contributed by atoms with Gasteiger partial charge in [-0.2, -0.15) is 0 Å². The third kappa shape index (κ3) is 4.94. The van der Waals surface area contributed by atoms with Crippen molar-refractivity contribution in [1.29, 1.82) is 0 Å². The summed E-state index contributed by atoms with van der Waals surface area (Å²) in [6, 6.07) is 15.6. The van der Waals surface area contributed by atoms with Crippen LogP contribution in [0.2, 0.25) is 0 Å². The summed E-state index contributed by atoms with van der Waals surface area (Å²) in [4.78, 5) is 13.4.